The van der Waals surface area contributed by atoms with Crippen molar-refractivity contribution in [3.8, 4) is 0 Å². The molecule has 6 heteroatoms. The van der Waals surface area contributed by atoms with E-state index in [2.05, 4.69) is 41.4 Å². The average molecular weight is 431 g/mol. The normalized spacial score (nSPS) is 11.3. The van der Waals surface area contributed by atoms with Crippen LogP contribution in [0.2, 0.25) is 0 Å². The Morgan fingerprint density at radius 3 is 2.28 bits per heavy atom. The van der Waals surface area contributed by atoms with Crippen LogP contribution in [0.4, 0.5) is 22.7 Å². The van der Waals surface area contributed by atoms with Gasteiger partial charge in [-0.15, -0.1) is 0 Å². The summed E-state index contributed by atoms with van der Waals surface area (Å²) in [5, 5.41) is 14.8. The third-order valence-corrected chi connectivity index (χ3v) is 5.29. The van der Waals surface area contributed by atoms with Crippen molar-refractivity contribution in [3.63, 3.8) is 0 Å². The molecular formula is C26H30N4O2. The fourth-order valence-electron chi connectivity index (χ4n) is 3.42. The SMILES string of the molecule is CCCCNc1cc(N=C(c2ccccc2)c2ccc(N(C)C)cc2)c(C)cc1[N+](=O)[O-]. The summed E-state index contributed by atoms with van der Waals surface area (Å²) >= 11 is 0. The van der Waals surface area contributed by atoms with Crippen molar-refractivity contribution in [2.24, 2.45) is 4.99 Å². The van der Waals surface area contributed by atoms with E-state index in [1.165, 1.54) is 0 Å². The van der Waals surface area contributed by atoms with Gasteiger partial charge in [-0.3, -0.25) is 10.1 Å². The number of anilines is 2. The maximum atomic E-state index is 11.6. The van der Waals surface area contributed by atoms with Gasteiger partial charge in [0, 0.05) is 43.5 Å². The second kappa shape index (κ2) is 10.6. The Labute approximate surface area is 189 Å². The molecule has 0 fully saturated rings. The van der Waals surface area contributed by atoms with Gasteiger partial charge in [0.25, 0.3) is 5.69 Å². The Morgan fingerprint density at radius 1 is 1.03 bits per heavy atom. The number of nitro groups is 1. The molecule has 0 aliphatic carbocycles. The molecule has 0 aliphatic heterocycles. The smallest absolute Gasteiger partial charge is 0.292 e. The first-order valence-corrected chi connectivity index (χ1v) is 10.9. The highest BCUT2D eigenvalue weighted by molar-refractivity contribution is 6.14. The molecule has 166 valence electrons. The van der Waals surface area contributed by atoms with Crippen LogP contribution in [0.15, 0.2) is 71.7 Å². The number of aryl methyl sites for hydroxylation is 1. The number of nitrogens with zero attached hydrogens (tertiary/aromatic N) is 3. The number of nitro benzene ring substituents is 1. The van der Waals surface area contributed by atoms with Crippen LogP contribution < -0.4 is 10.2 Å². The fourth-order valence-corrected chi connectivity index (χ4v) is 3.42. The first-order valence-electron chi connectivity index (χ1n) is 10.9. The van der Waals surface area contributed by atoms with Crippen LogP contribution in [0.25, 0.3) is 0 Å². The summed E-state index contributed by atoms with van der Waals surface area (Å²) in [4.78, 5) is 18.3. The summed E-state index contributed by atoms with van der Waals surface area (Å²) in [6.45, 7) is 4.63. The molecule has 0 aliphatic rings. The first kappa shape index (κ1) is 23.0. The Morgan fingerprint density at radius 2 is 1.69 bits per heavy atom. The van der Waals surface area contributed by atoms with Gasteiger partial charge < -0.3 is 10.2 Å². The summed E-state index contributed by atoms with van der Waals surface area (Å²) in [5.74, 6) is 0. The van der Waals surface area contributed by atoms with Crippen molar-refractivity contribution in [1.29, 1.82) is 0 Å². The van der Waals surface area contributed by atoms with Gasteiger partial charge in [-0.05, 0) is 37.1 Å². The van der Waals surface area contributed by atoms with E-state index >= 15 is 0 Å². The molecule has 3 rings (SSSR count). The first-order chi connectivity index (χ1) is 15.4. The zero-order valence-electron chi connectivity index (χ0n) is 19.1. The minimum Gasteiger partial charge on any atom is -0.379 e. The molecular weight excluding hydrogens is 400 g/mol. The number of aliphatic imine (C=N–C) groups is 1. The summed E-state index contributed by atoms with van der Waals surface area (Å²) in [5.41, 5.74) is 5.96. The highest BCUT2D eigenvalue weighted by atomic mass is 16.6. The highest BCUT2D eigenvalue weighted by Gasteiger charge is 2.17. The lowest BCUT2D eigenvalue weighted by Gasteiger charge is -2.15. The van der Waals surface area contributed by atoms with Crippen molar-refractivity contribution in [2.75, 3.05) is 30.9 Å². The van der Waals surface area contributed by atoms with Crippen molar-refractivity contribution in [1.82, 2.24) is 0 Å². The van der Waals surface area contributed by atoms with Crippen LogP contribution in [0.3, 0.4) is 0 Å². The second-order valence-corrected chi connectivity index (χ2v) is 7.96. The van der Waals surface area contributed by atoms with Crippen LogP contribution in [0, 0.1) is 17.0 Å². The zero-order valence-corrected chi connectivity index (χ0v) is 19.1. The molecule has 1 N–H and O–H groups in total. The molecule has 3 aromatic rings. The molecule has 0 heterocycles. The Kier molecular flexibility index (Phi) is 7.60. The van der Waals surface area contributed by atoms with E-state index in [-0.39, 0.29) is 10.6 Å². The topological polar surface area (TPSA) is 70.8 Å². The van der Waals surface area contributed by atoms with E-state index in [9.17, 15) is 10.1 Å². The van der Waals surface area contributed by atoms with Crippen LogP contribution in [-0.2, 0) is 0 Å². The highest BCUT2D eigenvalue weighted by Crippen LogP contribution is 2.33. The third kappa shape index (κ3) is 5.52. The average Bonchev–Trinajstić information content (AvgIpc) is 2.79. The lowest BCUT2D eigenvalue weighted by molar-refractivity contribution is -0.384. The van der Waals surface area contributed by atoms with Crippen molar-refractivity contribution in [3.05, 3.63) is 93.5 Å². The van der Waals surface area contributed by atoms with Gasteiger partial charge in [0.2, 0.25) is 0 Å². The lowest BCUT2D eigenvalue weighted by atomic mass is 10.0. The van der Waals surface area contributed by atoms with E-state index in [1.807, 2.05) is 51.4 Å². The third-order valence-electron chi connectivity index (χ3n) is 5.29. The number of unbranched alkanes of at least 4 members (excludes halogenated alkanes) is 1. The Balaban J connectivity index is 2.12. The molecule has 0 bridgehead atoms. The molecule has 6 nitrogen and oxygen atoms in total. The van der Waals surface area contributed by atoms with Crippen molar-refractivity contribution in [2.45, 2.75) is 26.7 Å². The van der Waals surface area contributed by atoms with Gasteiger partial charge in [0.1, 0.15) is 5.69 Å². The fraction of sp³-hybridized carbons (Fsp3) is 0.269. The molecule has 0 aromatic heterocycles. The standard InChI is InChI=1S/C26H30N4O2/c1-5-6-16-27-24-18-23(19(2)17-25(24)30(31)32)28-26(20-10-8-7-9-11-20)21-12-14-22(15-13-21)29(3)4/h7-15,17-18,27H,5-6,16H2,1-4H3. The van der Waals surface area contributed by atoms with Gasteiger partial charge in [-0.25, -0.2) is 4.99 Å². The maximum absolute atomic E-state index is 11.6. The molecule has 32 heavy (non-hydrogen) atoms. The molecule has 3 aromatic carbocycles. The monoisotopic (exact) mass is 430 g/mol. The minimum absolute atomic E-state index is 0.0779. The molecule has 0 atom stereocenters. The predicted molar refractivity (Wildman–Crippen MR) is 134 cm³/mol. The lowest BCUT2D eigenvalue weighted by Crippen LogP contribution is -2.09. The zero-order chi connectivity index (χ0) is 23.1. The summed E-state index contributed by atoms with van der Waals surface area (Å²) < 4.78 is 0. The van der Waals surface area contributed by atoms with Crippen LogP contribution in [0.1, 0.15) is 36.5 Å². The van der Waals surface area contributed by atoms with Gasteiger partial charge in [-0.1, -0.05) is 55.8 Å². The summed E-state index contributed by atoms with van der Waals surface area (Å²) in [6, 6.07) is 21.6. The number of rotatable bonds is 9. The quantitative estimate of drug-likeness (QED) is 0.186. The summed E-state index contributed by atoms with van der Waals surface area (Å²) in [6.07, 6.45) is 1.95. The largest absolute Gasteiger partial charge is 0.379 e. The van der Waals surface area contributed by atoms with Crippen LogP contribution >= 0.6 is 0 Å². The van der Waals surface area contributed by atoms with E-state index in [0.29, 0.717) is 17.9 Å². The predicted octanol–water partition coefficient (Wildman–Crippen LogP) is 6.35. The number of hydrogen-bond donors (Lipinski definition) is 1. The van der Waals surface area contributed by atoms with Crippen molar-refractivity contribution < 1.29 is 4.92 Å². The Bertz CT molecular complexity index is 1090. The number of nitrogens with one attached hydrogen (secondary N) is 1. The molecule has 0 unspecified atom stereocenters. The van der Waals surface area contributed by atoms with Gasteiger partial charge in [-0.2, -0.15) is 0 Å². The summed E-state index contributed by atoms with van der Waals surface area (Å²) in [7, 11) is 4.02. The number of benzene rings is 3. The molecule has 0 radical (unpaired) electrons. The minimum atomic E-state index is -0.340. The van der Waals surface area contributed by atoms with E-state index in [0.717, 1.165) is 40.9 Å². The van der Waals surface area contributed by atoms with Crippen LogP contribution in [-0.4, -0.2) is 31.3 Å². The van der Waals surface area contributed by atoms with Crippen LogP contribution in [0.5, 0.6) is 0 Å². The van der Waals surface area contributed by atoms with Gasteiger partial charge >= 0.3 is 0 Å². The maximum Gasteiger partial charge on any atom is 0.292 e. The molecule has 0 saturated carbocycles. The van der Waals surface area contributed by atoms with E-state index in [4.69, 9.17) is 4.99 Å². The van der Waals surface area contributed by atoms with Gasteiger partial charge in [0.05, 0.1) is 16.3 Å². The Hall–Kier alpha value is -3.67. The molecule has 0 amide bonds. The van der Waals surface area contributed by atoms with E-state index in [1.54, 1.807) is 12.1 Å². The molecule has 0 saturated heterocycles. The van der Waals surface area contributed by atoms with Crippen molar-refractivity contribution >= 4 is 28.5 Å². The second-order valence-electron chi connectivity index (χ2n) is 7.96. The van der Waals surface area contributed by atoms with Gasteiger partial charge in [0.15, 0.2) is 0 Å². The van der Waals surface area contributed by atoms with E-state index < -0.39 is 0 Å². The molecule has 0 spiro atoms. The number of hydrogen-bond acceptors (Lipinski definition) is 5.